The number of ether oxygens (including phenoxy) is 2. The average molecular weight is 386 g/mol. The van der Waals surface area contributed by atoms with Gasteiger partial charge in [-0.2, -0.15) is 0 Å². The molecule has 0 heterocycles. The van der Waals surface area contributed by atoms with Gasteiger partial charge in [-0.05, 0) is 6.42 Å². The van der Waals surface area contributed by atoms with E-state index in [9.17, 15) is 14.3 Å². The third kappa shape index (κ3) is 14.3. The monoisotopic (exact) mass is 386 g/mol. The van der Waals surface area contributed by atoms with E-state index >= 15 is 0 Å². The number of unbranched alkanes of at least 4 members (excludes halogenated alkanes) is 4. The van der Waals surface area contributed by atoms with E-state index in [1.807, 2.05) is 0 Å². The van der Waals surface area contributed by atoms with Crippen LogP contribution in [-0.4, -0.2) is 66.8 Å². The number of phosphoric ester groups is 1. The molecule has 0 aliphatic heterocycles. The third-order valence-electron chi connectivity index (χ3n) is 3.20. The van der Waals surface area contributed by atoms with Crippen LogP contribution >= 0.6 is 7.82 Å². The minimum Gasteiger partial charge on any atom is -0.457 e. The first kappa shape index (κ1) is 24.5. The maximum absolute atomic E-state index is 11.8. The molecule has 0 aliphatic carbocycles. The molecule has 0 rings (SSSR count). The summed E-state index contributed by atoms with van der Waals surface area (Å²) >= 11 is 0. The van der Waals surface area contributed by atoms with E-state index in [-0.39, 0.29) is 13.0 Å². The molecule has 0 aromatic rings. The van der Waals surface area contributed by atoms with E-state index in [0.29, 0.717) is 0 Å². The number of hydrogen-bond donors (Lipinski definition) is 3. The normalized spacial score (nSPS) is 16.2. The van der Waals surface area contributed by atoms with Gasteiger partial charge in [0.25, 0.3) is 0 Å². The Morgan fingerprint density at radius 1 is 1.08 bits per heavy atom. The van der Waals surface area contributed by atoms with E-state index in [2.05, 4.69) is 11.4 Å². The van der Waals surface area contributed by atoms with Crippen molar-refractivity contribution >= 4 is 13.8 Å². The predicted octanol–water partition coefficient (Wildman–Crippen LogP) is 1.39. The third-order valence-corrected chi connectivity index (χ3v) is 4.15. The highest BCUT2D eigenvalue weighted by molar-refractivity contribution is 7.47. The van der Waals surface area contributed by atoms with Crippen molar-refractivity contribution in [3.63, 3.8) is 0 Å². The first-order valence-electron chi connectivity index (χ1n) is 8.43. The van der Waals surface area contributed by atoms with Crippen LogP contribution in [0.2, 0.25) is 0 Å². The summed E-state index contributed by atoms with van der Waals surface area (Å²) in [5, 5.41) is 17.7. The topological polar surface area (TPSA) is 132 Å². The van der Waals surface area contributed by atoms with Crippen LogP contribution in [0.1, 0.15) is 45.4 Å². The molecule has 25 heavy (non-hydrogen) atoms. The molecule has 0 amide bonds. The Kier molecular flexibility index (Phi) is 14.3. The lowest BCUT2D eigenvalue weighted by molar-refractivity contribution is -0.154. The Morgan fingerprint density at radius 2 is 1.72 bits per heavy atom. The van der Waals surface area contributed by atoms with E-state index in [1.54, 1.807) is 0 Å². The van der Waals surface area contributed by atoms with Crippen LogP contribution in [0.15, 0.2) is 0 Å². The highest BCUT2D eigenvalue weighted by atomic mass is 31.2. The fourth-order valence-electron chi connectivity index (χ4n) is 1.87. The van der Waals surface area contributed by atoms with Gasteiger partial charge in [-0.15, -0.1) is 0 Å². The minimum atomic E-state index is -4.43. The number of rotatable bonds is 16. The Balaban J connectivity index is 4.18. The van der Waals surface area contributed by atoms with E-state index < -0.39 is 45.8 Å². The Labute approximate surface area is 148 Å². The number of hydrogen-bond acceptors (Lipinski definition) is 8. The molecule has 1 unspecified atom stereocenters. The standard InChI is InChI=1S/C15H31O9P/c1-3-4-5-6-7-8-15(18)24-14(11-21-2)12-23-25(19,20)22-10-13(17)9-16/h13-14,16-17H,3-12H2,1-2H3,(H,19,20)/t13-,14+/m0/s1. The van der Waals surface area contributed by atoms with Crippen molar-refractivity contribution in [2.45, 2.75) is 57.7 Å². The summed E-state index contributed by atoms with van der Waals surface area (Å²) in [6.45, 7) is 0.551. The Morgan fingerprint density at radius 3 is 2.32 bits per heavy atom. The zero-order valence-electron chi connectivity index (χ0n) is 15.0. The molecule has 150 valence electrons. The number of methoxy groups -OCH3 is 1. The number of aliphatic hydroxyl groups is 2. The summed E-state index contributed by atoms with van der Waals surface area (Å²) in [6, 6.07) is 0. The number of esters is 1. The molecule has 9 nitrogen and oxygen atoms in total. The first-order valence-corrected chi connectivity index (χ1v) is 9.93. The second-order valence-electron chi connectivity index (χ2n) is 5.63. The fraction of sp³-hybridized carbons (Fsp3) is 0.933. The molecule has 0 spiro atoms. The number of carbonyl (C=O) groups is 1. The van der Waals surface area contributed by atoms with Crippen LogP contribution in [0.25, 0.3) is 0 Å². The number of phosphoric acid groups is 1. The van der Waals surface area contributed by atoms with Gasteiger partial charge < -0.3 is 24.6 Å². The van der Waals surface area contributed by atoms with Gasteiger partial charge in [0, 0.05) is 13.5 Å². The lowest BCUT2D eigenvalue weighted by Crippen LogP contribution is -2.28. The maximum Gasteiger partial charge on any atom is 0.472 e. The van der Waals surface area contributed by atoms with Crippen molar-refractivity contribution in [2.75, 3.05) is 33.5 Å². The van der Waals surface area contributed by atoms with Crippen molar-refractivity contribution in [1.29, 1.82) is 0 Å². The predicted molar refractivity (Wildman–Crippen MR) is 90.0 cm³/mol. The van der Waals surface area contributed by atoms with Crippen LogP contribution < -0.4 is 0 Å². The lowest BCUT2D eigenvalue weighted by Gasteiger charge is -2.19. The average Bonchev–Trinajstić information content (AvgIpc) is 2.57. The van der Waals surface area contributed by atoms with Crippen molar-refractivity contribution in [3.8, 4) is 0 Å². The molecule has 3 N–H and O–H groups in total. The molecule has 0 saturated carbocycles. The summed E-state index contributed by atoms with van der Waals surface area (Å²) in [7, 11) is -3.03. The molecule has 3 atom stereocenters. The first-order chi connectivity index (χ1) is 11.8. The molecular weight excluding hydrogens is 355 g/mol. The van der Waals surface area contributed by atoms with Crippen LogP contribution in [0, 0.1) is 0 Å². The van der Waals surface area contributed by atoms with Gasteiger partial charge in [-0.3, -0.25) is 13.8 Å². The van der Waals surface area contributed by atoms with Crippen molar-refractivity contribution in [3.05, 3.63) is 0 Å². The molecular formula is C15H31O9P. The summed E-state index contributed by atoms with van der Waals surface area (Å²) in [5.74, 6) is -0.424. The van der Waals surface area contributed by atoms with E-state index in [0.717, 1.165) is 32.1 Å². The van der Waals surface area contributed by atoms with E-state index in [4.69, 9.17) is 24.2 Å². The van der Waals surface area contributed by atoms with Gasteiger partial charge in [0.15, 0.2) is 0 Å². The van der Waals surface area contributed by atoms with Crippen LogP contribution in [0.4, 0.5) is 0 Å². The molecule has 0 aromatic carbocycles. The van der Waals surface area contributed by atoms with Crippen molar-refractivity contribution in [1.82, 2.24) is 0 Å². The number of aliphatic hydroxyl groups excluding tert-OH is 2. The minimum absolute atomic E-state index is 0.000833. The van der Waals surface area contributed by atoms with Gasteiger partial charge in [0.2, 0.25) is 0 Å². The van der Waals surface area contributed by atoms with Gasteiger partial charge in [-0.25, -0.2) is 4.57 Å². The van der Waals surface area contributed by atoms with Gasteiger partial charge in [0.1, 0.15) is 12.2 Å². The Bertz CT molecular complexity index is 391. The van der Waals surface area contributed by atoms with Crippen LogP contribution in [-0.2, 0) is 27.9 Å². The van der Waals surface area contributed by atoms with Crippen molar-refractivity contribution < 1.29 is 43.0 Å². The summed E-state index contributed by atoms with van der Waals surface area (Å²) < 4.78 is 31.0. The molecule has 0 saturated heterocycles. The zero-order valence-corrected chi connectivity index (χ0v) is 15.9. The highest BCUT2D eigenvalue weighted by Gasteiger charge is 2.26. The van der Waals surface area contributed by atoms with E-state index in [1.165, 1.54) is 7.11 Å². The quantitative estimate of drug-likeness (QED) is 0.204. The largest absolute Gasteiger partial charge is 0.472 e. The van der Waals surface area contributed by atoms with Crippen molar-refractivity contribution in [2.24, 2.45) is 0 Å². The second kappa shape index (κ2) is 14.6. The Hall–Kier alpha value is -0.540. The molecule has 0 aliphatic rings. The van der Waals surface area contributed by atoms with Gasteiger partial charge in [-0.1, -0.05) is 32.6 Å². The van der Waals surface area contributed by atoms with Crippen LogP contribution in [0.3, 0.4) is 0 Å². The maximum atomic E-state index is 11.8. The van der Waals surface area contributed by atoms with Gasteiger partial charge >= 0.3 is 13.8 Å². The SMILES string of the molecule is CCCCCCCC(=O)O[C@H](COC)COP(=O)(O)OC[C@@H](O)CO. The van der Waals surface area contributed by atoms with Crippen LogP contribution in [0.5, 0.6) is 0 Å². The summed E-state index contributed by atoms with van der Waals surface area (Å²) in [6.07, 6.45) is 3.12. The molecule has 0 aromatic heterocycles. The zero-order chi connectivity index (χ0) is 19.1. The molecule has 0 bridgehead atoms. The highest BCUT2D eigenvalue weighted by Crippen LogP contribution is 2.43. The number of carbonyl (C=O) groups excluding carboxylic acids is 1. The molecule has 0 radical (unpaired) electrons. The second-order valence-corrected chi connectivity index (χ2v) is 7.08. The molecule has 0 fully saturated rings. The lowest BCUT2D eigenvalue weighted by atomic mass is 10.1. The van der Waals surface area contributed by atoms with Gasteiger partial charge in [0.05, 0.1) is 26.4 Å². The summed E-state index contributed by atoms with van der Waals surface area (Å²) in [4.78, 5) is 21.3. The smallest absolute Gasteiger partial charge is 0.457 e. The fourth-order valence-corrected chi connectivity index (χ4v) is 2.66. The molecule has 10 heteroatoms. The summed E-state index contributed by atoms with van der Waals surface area (Å²) in [5.41, 5.74) is 0.